The molecule has 1 fully saturated rings. The number of hydrogen-bond donors (Lipinski definition) is 2. The van der Waals surface area contributed by atoms with E-state index in [1.54, 1.807) is 14.2 Å². The van der Waals surface area contributed by atoms with Crippen LogP contribution >= 0.6 is 0 Å². The third kappa shape index (κ3) is 2.80. The van der Waals surface area contributed by atoms with Gasteiger partial charge in [-0.2, -0.15) is 0 Å². The van der Waals surface area contributed by atoms with Crippen molar-refractivity contribution in [3.8, 4) is 11.5 Å². The molecule has 0 amide bonds. The molecular formula is C14H20N2O4. The van der Waals surface area contributed by atoms with Crippen LogP contribution in [0.2, 0.25) is 0 Å². The molecule has 2 atom stereocenters. The van der Waals surface area contributed by atoms with E-state index in [0.717, 1.165) is 12.2 Å². The summed E-state index contributed by atoms with van der Waals surface area (Å²) in [5, 5.41) is 9.20. The van der Waals surface area contributed by atoms with Crippen LogP contribution in [0, 0.1) is 5.92 Å². The van der Waals surface area contributed by atoms with Gasteiger partial charge in [0, 0.05) is 30.9 Å². The highest BCUT2D eigenvalue weighted by atomic mass is 16.5. The standard InChI is InChI=1S/C14H20N2O4/c1-19-12-4-3-9(7-13(12)20-2)16-6-5-11(15)10(8-16)14(17)18/h3-4,7,10-11H,5-6,8,15H2,1-2H3,(H,17,18). The number of piperidine rings is 1. The van der Waals surface area contributed by atoms with Gasteiger partial charge in [0.1, 0.15) is 0 Å². The van der Waals surface area contributed by atoms with Crippen molar-refractivity contribution in [2.75, 3.05) is 32.2 Å². The van der Waals surface area contributed by atoms with Gasteiger partial charge in [0.05, 0.1) is 20.1 Å². The molecule has 6 heteroatoms. The van der Waals surface area contributed by atoms with Gasteiger partial charge in [0.15, 0.2) is 11.5 Å². The molecule has 20 heavy (non-hydrogen) atoms. The lowest BCUT2D eigenvalue weighted by molar-refractivity contribution is -0.142. The summed E-state index contributed by atoms with van der Waals surface area (Å²) in [6.07, 6.45) is 0.658. The Labute approximate surface area is 118 Å². The number of anilines is 1. The second-order valence-corrected chi connectivity index (χ2v) is 4.88. The van der Waals surface area contributed by atoms with Crippen molar-refractivity contribution in [1.29, 1.82) is 0 Å². The van der Waals surface area contributed by atoms with Crippen molar-refractivity contribution in [2.45, 2.75) is 12.5 Å². The SMILES string of the molecule is COc1ccc(N2CCC(N)C(C(=O)O)C2)cc1OC. The van der Waals surface area contributed by atoms with Gasteiger partial charge in [-0.15, -0.1) is 0 Å². The molecule has 1 heterocycles. The van der Waals surface area contributed by atoms with Crippen LogP contribution in [0.1, 0.15) is 6.42 Å². The van der Waals surface area contributed by atoms with Gasteiger partial charge in [0.2, 0.25) is 0 Å². The minimum Gasteiger partial charge on any atom is -0.493 e. The molecule has 0 spiro atoms. The zero-order chi connectivity index (χ0) is 14.7. The van der Waals surface area contributed by atoms with Crippen molar-refractivity contribution < 1.29 is 19.4 Å². The first-order valence-corrected chi connectivity index (χ1v) is 6.52. The van der Waals surface area contributed by atoms with Crippen LogP contribution in [0.25, 0.3) is 0 Å². The first kappa shape index (κ1) is 14.5. The van der Waals surface area contributed by atoms with E-state index in [9.17, 15) is 9.90 Å². The number of carboxylic acid groups (broad SMARTS) is 1. The maximum atomic E-state index is 11.2. The van der Waals surface area contributed by atoms with Crippen LogP contribution in [-0.4, -0.2) is 44.4 Å². The Hall–Kier alpha value is -1.95. The monoisotopic (exact) mass is 280 g/mol. The minimum atomic E-state index is -0.845. The number of ether oxygens (including phenoxy) is 2. The summed E-state index contributed by atoms with van der Waals surface area (Å²) >= 11 is 0. The van der Waals surface area contributed by atoms with E-state index in [-0.39, 0.29) is 6.04 Å². The summed E-state index contributed by atoms with van der Waals surface area (Å²) in [6.45, 7) is 1.15. The summed E-state index contributed by atoms with van der Waals surface area (Å²) in [5.74, 6) is -0.106. The molecule has 6 nitrogen and oxygen atoms in total. The summed E-state index contributed by atoms with van der Waals surface area (Å²) in [4.78, 5) is 13.2. The molecule has 0 radical (unpaired) electrons. The zero-order valence-electron chi connectivity index (χ0n) is 11.7. The molecule has 1 aromatic rings. The van der Waals surface area contributed by atoms with Gasteiger partial charge in [-0.05, 0) is 18.6 Å². The highest BCUT2D eigenvalue weighted by molar-refractivity contribution is 5.72. The Bertz CT molecular complexity index is 492. The normalized spacial score (nSPS) is 22.4. The molecular weight excluding hydrogens is 260 g/mol. The number of rotatable bonds is 4. The fourth-order valence-electron chi connectivity index (χ4n) is 2.49. The number of carboxylic acids is 1. The van der Waals surface area contributed by atoms with Gasteiger partial charge in [-0.3, -0.25) is 4.79 Å². The topological polar surface area (TPSA) is 85.0 Å². The highest BCUT2D eigenvalue weighted by Crippen LogP contribution is 2.33. The second-order valence-electron chi connectivity index (χ2n) is 4.88. The molecule has 1 aliphatic heterocycles. The predicted octanol–water partition coefficient (Wildman–Crippen LogP) is 0.942. The number of carbonyl (C=O) groups is 1. The molecule has 0 bridgehead atoms. The molecule has 0 saturated carbocycles. The maximum absolute atomic E-state index is 11.2. The van der Waals surface area contributed by atoms with Crippen molar-refractivity contribution in [3.05, 3.63) is 18.2 Å². The van der Waals surface area contributed by atoms with Gasteiger partial charge in [0.25, 0.3) is 0 Å². The van der Waals surface area contributed by atoms with Crippen molar-refractivity contribution >= 4 is 11.7 Å². The van der Waals surface area contributed by atoms with Crippen LogP contribution < -0.4 is 20.1 Å². The third-order valence-electron chi connectivity index (χ3n) is 3.72. The van der Waals surface area contributed by atoms with Crippen molar-refractivity contribution in [3.63, 3.8) is 0 Å². The quantitative estimate of drug-likeness (QED) is 0.854. The van der Waals surface area contributed by atoms with Gasteiger partial charge < -0.3 is 25.2 Å². The predicted molar refractivity (Wildman–Crippen MR) is 75.5 cm³/mol. The van der Waals surface area contributed by atoms with Gasteiger partial charge in [-0.1, -0.05) is 0 Å². The Morgan fingerprint density at radius 1 is 1.35 bits per heavy atom. The molecule has 2 rings (SSSR count). The van der Waals surface area contributed by atoms with Crippen molar-refractivity contribution in [1.82, 2.24) is 0 Å². The van der Waals surface area contributed by atoms with Crippen LogP contribution in [-0.2, 0) is 4.79 Å². The smallest absolute Gasteiger partial charge is 0.309 e. The Morgan fingerprint density at radius 3 is 2.65 bits per heavy atom. The van der Waals surface area contributed by atoms with Crippen LogP contribution in [0.3, 0.4) is 0 Å². The lowest BCUT2D eigenvalue weighted by Crippen LogP contribution is -2.50. The Morgan fingerprint density at radius 2 is 2.05 bits per heavy atom. The van der Waals surface area contributed by atoms with E-state index in [2.05, 4.69) is 0 Å². The largest absolute Gasteiger partial charge is 0.493 e. The molecule has 1 saturated heterocycles. The summed E-state index contributed by atoms with van der Waals surface area (Å²) in [6, 6.07) is 5.29. The maximum Gasteiger partial charge on any atom is 0.309 e. The first-order chi connectivity index (χ1) is 9.56. The fraction of sp³-hybridized carbons (Fsp3) is 0.500. The average molecular weight is 280 g/mol. The van der Waals surface area contributed by atoms with E-state index in [1.165, 1.54) is 0 Å². The minimum absolute atomic E-state index is 0.288. The van der Waals surface area contributed by atoms with Gasteiger partial charge >= 0.3 is 5.97 Å². The lowest BCUT2D eigenvalue weighted by atomic mass is 9.92. The summed E-state index contributed by atoms with van der Waals surface area (Å²) < 4.78 is 10.5. The average Bonchev–Trinajstić information content (AvgIpc) is 2.46. The molecule has 1 aromatic carbocycles. The fourth-order valence-corrected chi connectivity index (χ4v) is 2.49. The number of nitrogens with two attached hydrogens (primary N) is 1. The van der Waals surface area contributed by atoms with Crippen molar-refractivity contribution in [2.24, 2.45) is 11.7 Å². The number of nitrogens with zero attached hydrogens (tertiary/aromatic N) is 1. The highest BCUT2D eigenvalue weighted by Gasteiger charge is 2.32. The lowest BCUT2D eigenvalue weighted by Gasteiger charge is -2.36. The first-order valence-electron chi connectivity index (χ1n) is 6.52. The number of aliphatic carboxylic acids is 1. The second kappa shape index (κ2) is 6.00. The summed E-state index contributed by atoms with van der Waals surface area (Å²) in [7, 11) is 3.16. The van der Waals surface area contributed by atoms with E-state index in [1.807, 2.05) is 23.1 Å². The number of benzene rings is 1. The molecule has 3 N–H and O–H groups in total. The zero-order valence-corrected chi connectivity index (χ0v) is 11.7. The number of hydrogen-bond acceptors (Lipinski definition) is 5. The van der Waals surface area contributed by atoms with E-state index < -0.39 is 11.9 Å². The van der Waals surface area contributed by atoms with E-state index in [4.69, 9.17) is 15.2 Å². The molecule has 2 unspecified atom stereocenters. The Balaban J connectivity index is 2.21. The summed E-state index contributed by atoms with van der Waals surface area (Å²) in [5.41, 5.74) is 6.79. The molecule has 0 aromatic heterocycles. The Kier molecular flexibility index (Phi) is 4.34. The van der Waals surface area contributed by atoms with E-state index in [0.29, 0.717) is 24.5 Å². The van der Waals surface area contributed by atoms with Crippen LogP contribution in [0.5, 0.6) is 11.5 Å². The molecule has 110 valence electrons. The van der Waals surface area contributed by atoms with Crippen LogP contribution in [0.15, 0.2) is 18.2 Å². The number of methoxy groups -OCH3 is 2. The third-order valence-corrected chi connectivity index (χ3v) is 3.72. The molecule has 1 aliphatic rings. The molecule has 0 aliphatic carbocycles. The van der Waals surface area contributed by atoms with Gasteiger partial charge in [-0.25, -0.2) is 0 Å². The van der Waals surface area contributed by atoms with Crippen LogP contribution in [0.4, 0.5) is 5.69 Å². The van der Waals surface area contributed by atoms with E-state index >= 15 is 0 Å².